The van der Waals surface area contributed by atoms with E-state index in [1.165, 1.54) is 5.57 Å². The number of Topliss-reactive ketones (excluding diaryl/α,β-unsaturated/α-hetero) is 1. The lowest BCUT2D eigenvalue weighted by atomic mass is 9.46. The van der Waals surface area contributed by atoms with Gasteiger partial charge in [-0.3, -0.25) is 9.59 Å². The fraction of sp³-hybridized carbons (Fsp3) is 0.810. The van der Waals surface area contributed by atoms with Gasteiger partial charge in [0.15, 0.2) is 11.6 Å². The third-order valence-electron chi connectivity index (χ3n) is 9.09. The zero-order chi connectivity index (χ0) is 18.5. The molecule has 0 aromatic carbocycles. The van der Waals surface area contributed by atoms with Crippen LogP contribution in [0.15, 0.2) is 11.6 Å². The van der Waals surface area contributed by atoms with Crippen LogP contribution in [0.4, 0.5) is 0 Å². The van der Waals surface area contributed by atoms with E-state index < -0.39 is 23.4 Å². The second kappa shape index (κ2) is 4.86. The van der Waals surface area contributed by atoms with E-state index in [1.807, 2.05) is 13.0 Å². The number of carbonyl (C=O) groups is 2. The van der Waals surface area contributed by atoms with E-state index in [2.05, 4.69) is 6.92 Å². The highest BCUT2D eigenvalue weighted by atomic mass is 16.6. The van der Waals surface area contributed by atoms with Gasteiger partial charge in [-0.05, 0) is 56.4 Å². The first kappa shape index (κ1) is 17.1. The Labute approximate surface area is 153 Å². The van der Waals surface area contributed by atoms with E-state index in [0.29, 0.717) is 25.2 Å². The van der Waals surface area contributed by atoms with Crippen molar-refractivity contribution >= 4 is 11.6 Å². The monoisotopic (exact) mass is 360 g/mol. The fourth-order valence-electron chi connectivity index (χ4n) is 7.61. The summed E-state index contributed by atoms with van der Waals surface area (Å²) in [5.41, 5.74) is -1.06. The number of rotatable bonds is 2. The molecular weight excluding hydrogens is 332 g/mol. The van der Waals surface area contributed by atoms with Crippen LogP contribution in [0.1, 0.15) is 58.8 Å². The van der Waals surface area contributed by atoms with Crippen molar-refractivity contribution in [2.24, 2.45) is 22.7 Å². The molecule has 7 atom stereocenters. The first-order valence-electron chi connectivity index (χ1n) is 10.0. The van der Waals surface area contributed by atoms with Crippen molar-refractivity contribution in [3.05, 3.63) is 11.6 Å². The Morgan fingerprint density at radius 1 is 1.23 bits per heavy atom. The predicted octanol–water partition coefficient (Wildman–Crippen LogP) is 1.94. The largest absolute Gasteiger partial charge is 0.388 e. The molecule has 5 heteroatoms. The molecule has 1 aliphatic heterocycles. The lowest BCUT2D eigenvalue weighted by Gasteiger charge is -2.56. The minimum Gasteiger partial charge on any atom is -0.388 e. The maximum atomic E-state index is 12.4. The van der Waals surface area contributed by atoms with Gasteiger partial charge in [0.2, 0.25) is 0 Å². The Morgan fingerprint density at radius 2 is 2.00 bits per heavy atom. The second-order valence-corrected chi connectivity index (χ2v) is 9.72. The minimum atomic E-state index is -1.44. The number of carbonyl (C=O) groups excluding carboxylic acids is 2. The molecule has 0 aromatic heterocycles. The second-order valence-electron chi connectivity index (χ2n) is 9.72. The number of aliphatic hydroxyl groups excluding tert-OH is 1. The average molecular weight is 360 g/mol. The quantitative estimate of drug-likeness (QED) is 0.735. The first-order valence-corrected chi connectivity index (χ1v) is 10.0. The summed E-state index contributed by atoms with van der Waals surface area (Å²) in [6.45, 7) is 3.69. The third-order valence-corrected chi connectivity index (χ3v) is 9.09. The van der Waals surface area contributed by atoms with Crippen LogP contribution in [0.25, 0.3) is 0 Å². The number of fused-ring (bicyclic) bond motifs is 3. The van der Waals surface area contributed by atoms with Gasteiger partial charge >= 0.3 is 0 Å². The molecule has 1 heterocycles. The van der Waals surface area contributed by atoms with Crippen molar-refractivity contribution in [3.8, 4) is 0 Å². The van der Waals surface area contributed by atoms with E-state index in [1.54, 1.807) is 0 Å². The number of ether oxygens (including phenoxy) is 1. The lowest BCUT2D eigenvalue weighted by molar-refractivity contribution is -0.160. The highest BCUT2D eigenvalue weighted by molar-refractivity contribution is 5.92. The van der Waals surface area contributed by atoms with Crippen LogP contribution in [0.3, 0.4) is 0 Å². The summed E-state index contributed by atoms with van der Waals surface area (Å²) in [6.07, 6.45) is 7.08. The van der Waals surface area contributed by atoms with Gasteiger partial charge in [-0.2, -0.15) is 0 Å². The Balaban J connectivity index is 1.57. The molecule has 0 bridgehead atoms. The summed E-state index contributed by atoms with van der Waals surface area (Å²) in [5, 5.41) is 20.7. The zero-order valence-corrected chi connectivity index (χ0v) is 15.6. The maximum absolute atomic E-state index is 12.4. The van der Waals surface area contributed by atoms with E-state index >= 15 is 0 Å². The topological polar surface area (TPSA) is 87.1 Å². The molecular formula is C21H28O5. The molecule has 4 unspecified atom stereocenters. The number of aliphatic hydroxyl groups is 2. The molecule has 5 nitrogen and oxygen atoms in total. The molecule has 0 amide bonds. The molecule has 3 saturated carbocycles. The molecule has 5 rings (SSSR count). The number of hydrogen-bond acceptors (Lipinski definition) is 5. The van der Waals surface area contributed by atoms with Crippen molar-refractivity contribution in [2.75, 3.05) is 6.61 Å². The van der Waals surface area contributed by atoms with E-state index in [0.717, 1.165) is 25.7 Å². The van der Waals surface area contributed by atoms with Gasteiger partial charge < -0.3 is 14.9 Å². The summed E-state index contributed by atoms with van der Waals surface area (Å²) in [6, 6.07) is 0. The molecule has 5 aliphatic rings. The Bertz CT molecular complexity index is 743. The molecule has 1 saturated heterocycles. The van der Waals surface area contributed by atoms with E-state index in [4.69, 9.17) is 4.74 Å². The molecule has 0 aromatic rings. The zero-order valence-electron chi connectivity index (χ0n) is 15.6. The van der Waals surface area contributed by atoms with Gasteiger partial charge in [0.25, 0.3) is 0 Å². The van der Waals surface area contributed by atoms with Crippen LogP contribution in [-0.4, -0.2) is 45.7 Å². The Hall–Kier alpha value is -1.04. The van der Waals surface area contributed by atoms with Crippen LogP contribution < -0.4 is 0 Å². The molecule has 26 heavy (non-hydrogen) atoms. The van der Waals surface area contributed by atoms with Gasteiger partial charge in [-0.15, -0.1) is 0 Å². The number of ketones is 2. The van der Waals surface area contributed by atoms with Gasteiger partial charge in [-0.25, -0.2) is 0 Å². The summed E-state index contributed by atoms with van der Waals surface area (Å²) in [5.74, 6) is 0.315. The summed E-state index contributed by atoms with van der Waals surface area (Å²) >= 11 is 0. The lowest BCUT2D eigenvalue weighted by Crippen LogP contribution is -2.61. The third kappa shape index (κ3) is 1.65. The van der Waals surface area contributed by atoms with E-state index in [-0.39, 0.29) is 28.8 Å². The fourth-order valence-corrected chi connectivity index (χ4v) is 7.61. The average Bonchev–Trinajstić information content (AvgIpc) is 3.27. The highest BCUT2D eigenvalue weighted by Crippen LogP contribution is 2.76. The van der Waals surface area contributed by atoms with Crippen molar-refractivity contribution in [1.82, 2.24) is 0 Å². The number of epoxide rings is 1. The summed E-state index contributed by atoms with van der Waals surface area (Å²) in [7, 11) is 0. The summed E-state index contributed by atoms with van der Waals surface area (Å²) in [4.78, 5) is 24.4. The minimum absolute atomic E-state index is 0.0340. The predicted molar refractivity (Wildman–Crippen MR) is 93.2 cm³/mol. The van der Waals surface area contributed by atoms with Crippen molar-refractivity contribution in [1.29, 1.82) is 0 Å². The standard InChI is InChI=1S/C21H28O5/c1-18-7-5-13(23)9-12(18)3-4-15-14-6-8-20(25,16(24)11-22)19(14,2)10-17-21(15,18)26-17/h9,14-15,17,22,25H,3-8,10-11H2,1-2H3/t14?,15?,17?,18-,19-,20-,21?/m0/s1. The maximum Gasteiger partial charge on any atom is 0.190 e. The Morgan fingerprint density at radius 3 is 2.73 bits per heavy atom. The van der Waals surface area contributed by atoms with Gasteiger partial charge in [0.1, 0.15) is 17.8 Å². The Kier molecular flexibility index (Phi) is 3.20. The van der Waals surface area contributed by atoms with Crippen LogP contribution >= 0.6 is 0 Å². The molecule has 2 N–H and O–H groups in total. The van der Waals surface area contributed by atoms with Crippen LogP contribution in [0.5, 0.6) is 0 Å². The molecule has 0 radical (unpaired) electrons. The molecule has 1 spiro atoms. The van der Waals surface area contributed by atoms with Crippen molar-refractivity contribution < 1.29 is 24.5 Å². The van der Waals surface area contributed by atoms with Crippen molar-refractivity contribution in [3.63, 3.8) is 0 Å². The molecule has 4 aliphatic carbocycles. The smallest absolute Gasteiger partial charge is 0.190 e. The van der Waals surface area contributed by atoms with Crippen molar-refractivity contribution in [2.45, 2.75) is 76.1 Å². The normalized spacial score (nSPS) is 54.5. The van der Waals surface area contributed by atoms with Crippen LogP contribution in [0, 0.1) is 22.7 Å². The van der Waals surface area contributed by atoms with Gasteiger partial charge in [-0.1, -0.05) is 19.4 Å². The van der Waals surface area contributed by atoms with Gasteiger partial charge in [0, 0.05) is 17.3 Å². The number of hydrogen-bond donors (Lipinski definition) is 2. The van der Waals surface area contributed by atoms with Gasteiger partial charge in [0.05, 0.1) is 6.10 Å². The van der Waals surface area contributed by atoms with Crippen LogP contribution in [-0.2, 0) is 14.3 Å². The molecule has 4 fully saturated rings. The van der Waals surface area contributed by atoms with Crippen LogP contribution in [0.2, 0.25) is 0 Å². The molecule has 142 valence electrons. The summed E-state index contributed by atoms with van der Waals surface area (Å²) < 4.78 is 6.45. The first-order chi connectivity index (χ1) is 12.2. The highest BCUT2D eigenvalue weighted by Gasteiger charge is 2.81. The van der Waals surface area contributed by atoms with E-state index in [9.17, 15) is 19.8 Å². The SMILES string of the molecule is C[C@]12CCC(=O)C=C1CCC1C3CC[C@](O)(C(=O)CO)[C@@]3(C)CC3OC312.